The number of carbonyl (C=O) groups excluding carboxylic acids is 2. The Morgan fingerprint density at radius 1 is 0.591 bits per heavy atom. The molecule has 44 heavy (non-hydrogen) atoms. The maximum atomic E-state index is 12.7. The molecule has 0 aromatic heterocycles. The molecular weight excluding hydrogens is 568 g/mol. The fraction of sp³-hybridized carbons (Fsp3) is 0.375. The van der Waals surface area contributed by atoms with Crippen LogP contribution in [0.3, 0.4) is 0 Å². The standard InChI is InChI=1S/C32H34N4O8/c37-31(25-11-13-27(29(19-25)35(39)40)33-15-3-1-4-16-33)43-21-23-7-9-24(10-8-23)22-44-32(38)26-12-14-28(30(20-26)36(41)42)34-17-5-2-6-18-34/h7-14,19-20H,1-6,15-18,21-22H2. The van der Waals surface area contributed by atoms with Gasteiger partial charge in [-0.3, -0.25) is 20.2 Å². The van der Waals surface area contributed by atoms with Gasteiger partial charge in [0, 0.05) is 38.3 Å². The van der Waals surface area contributed by atoms with Crippen LogP contribution in [0.1, 0.15) is 70.4 Å². The molecule has 230 valence electrons. The number of benzene rings is 3. The van der Waals surface area contributed by atoms with E-state index in [1.807, 2.05) is 9.80 Å². The smallest absolute Gasteiger partial charge is 0.338 e. The Morgan fingerprint density at radius 3 is 1.30 bits per heavy atom. The zero-order chi connectivity index (χ0) is 31.1. The second-order valence-electron chi connectivity index (χ2n) is 11.0. The Labute approximate surface area is 254 Å². The SMILES string of the molecule is O=C(OCc1ccc(COC(=O)c2ccc(N3CCCCC3)c([N+](=O)[O-])c2)cc1)c1ccc(N2CCCCC2)c([N+](=O)[O-])c1. The molecular formula is C32H34N4O8. The normalized spacial score (nSPS) is 15.0. The Hall–Kier alpha value is -5.00. The molecule has 0 saturated carbocycles. The van der Waals surface area contributed by atoms with Crippen LogP contribution in [0.5, 0.6) is 0 Å². The van der Waals surface area contributed by atoms with E-state index >= 15 is 0 Å². The van der Waals surface area contributed by atoms with Crippen molar-refractivity contribution >= 4 is 34.7 Å². The van der Waals surface area contributed by atoms with E-state index in [4.69, 9.17) is 9.47 Å². The first-order valence-electron chi connectivity index (χ1n) is 14.8. The van der Waals surface area contributed by atoms with E-state index in [1.165, 1.54) is 12.1 Å². The number of nitro groups is 2. The molecule has 0 radical (unpaired) electrons. The van der Waals surface area contributed by atoms with E-state index in [0.717, 1.165) is 64.7 Å². The van der Waals surface area contributed by atoms with E-state index in [9.17, 15) is 29.8 Å². The van der Waals surface area contributed by atoms with Gasteiger partial charge in [0.15, 0.2) is 0 Å². The minimum absolute atomic E-state index is 0.0480. The van der Waals surface area contributed by atoms with Gasteiger partial charge in [0.1, 0.15) is 24.6 Å². The van der Waals surface area contributed by atoms with Gasteiger partial charge in [-0.05, 0) is 73.9 Å². The Bertz CT molecular complexity index is 1420. The highest BCUT2D eigenvalue weighted by molar-refractivity contribution is 5.92. The summed E-state index contributed by atoms with van der Waals surface area (Å²) in [7, 11) is 0. The summed E-state index contributed by atoms with van der Waals surface area (Å²) in [6.45, 7) is 2.88. The van der Waals surface area contributed by atoms with Crippen LogP contribution in [0, 0.1) is 20.2 Å². The van der Waals surface area contributed by atoms with Gasteiger partial charge in [-0.2, -0.15) is 0 Å². The first kappa shape index (κ1) is 30.5. The minimum atomic E-state index is -0.670. The summed E-state index contributed by atoms with van der Waals surface area (Å²) < 4.78 is 10.8. The van der Waals surface area contributed by atoms with Crippen LogP contribution >= 0.6 is 0 Å². The molecule has 12 heteroatoms. The molecule has 3 aromatic rings. The maximum absolute atomic E-state index is 12.7. The highest BCUT2D eigenvalue weighted by Crippen LogP contribution is 2.33. The summed E-state index contributed by atoms with van der Waals surface area (Å²) in [6, 6.07) is 15.7. The molecule has 3 aromatic carbocycles. The number of nitro benzene ring substituents is 2. The highest BCUT2D eigenvalue weighted by Gasteiger charge is 2.25. The number of hydrogen-bond acceptors (Lipinski definition) is 10. The van der Waals surface area contributed by atoms with Gasteiger partial charge in [-0.15, -0.1) is 0 Å². The van der Waals surface area contributed by atoms with Crippen LogP contribution in [0.25, 0.3) is 0 Å². The molecule has 2 heterocycles. The molecule has 2 fully saturated rings. The fourth-order valence-electron chi connectivity index (χ4n) is 5.59. The molecule has 0 amide bonds. The first-order valence-corrected chi connectivity index (χ1v) is 14.8. The zero-order valence-corrected chi connectivity index (χ0v) is 24.3. The van der Waals surface area contributed by atoms with Crippen molar-refractivity contribution in [1.82, 2.24) is 0 Å². The molecule has 0 unspecified atom stereocenters. The van der Waals surface area contributed by atoms with Crippen LogP contribution in [-0.2, 0) is 22.7 Å². The van der Waals surface area contributed by atoms with E-state index in [0.29, 0.717) is 22.5 Å². The third-order valence-electron chi connectivity index (χ3n) is 7.97. The number of ether oxygens (including phenoxy) is 2. The summed E-state index contributed by atoms with van der Waals surface area (Å²) in [4.78, 5) is 51.8. The molecule has 0 atom stereocenters. The van der Waals surface area contributed by atoms with Crippen LogP contribution in [0.15, 0.2) is 60.7 Å². The van der Waals surface area contributed by atoms with Gasteiger partial charge in [0.25, 0.3) is 11.4 Å². The van der Waals surface area contributed by atoms with Gasteiger partial charge in [-0.25, -0.2) is 9.59 Å². The highest BCUT2D eigenvalue weighted by atomic mass is 16.6. The summed E-state index contributed by atoms with van der Waals surface area (Å²) in [5, 5.41) is 23.4. The van der Waals surface area contributed by atoms with Crippen molar-refractivity contribution in [2.45, 2.75) is 51.7 Å². The number of hydrogen-bond donors (Lipinski definition) is 0. The number of rotatable bonds is 10. The third kappa shape index (κ3) is 7.31. The quantitative estimate of drug-likeness (QED) is 0.149. The van der Waals surface area contributed by atoms with Crippen LogP contribution in [0.2, 0.25) is 0 Å². The molecule has 0 spiro atoms. The molecule has 2 aliphatic heterocycles. The van der Waals surface area contributed by atoms with Crippen molar-refractivity contribution in [3.05, 3.63) is 103 Å². The zero-order valence-electron chi connectivity index (χ0n) is 24.3. The first-order chi connectivity index (χ1) is 21.3. The number of anilines is 2. The molecule has 0 bridgehead atoms. The average molecular weight is 603 g/mol. The lowest BCUT2D eigenvalue weighted by molar-refractivity contribution is -0.384. The molecule has 2 saturated heterocycles. The van der Waals surface area contributed by atoms with E-state index < -0.39 is 21.8 Å². The van der Waals surface area contributed by atoms with Gasteiger partial charge in [0.2, 0.25) is 0 Å². The van der Waals surface area contributed by atoms with Crippen molar-refractivity contribution in [3.63, 3.8) is 0 Å². The average Bonchev–Trinajstić information content (AvgIpc) is 3.06. The molecule has 2 aliphatic rings. The summed E-state index contributed by atoms with van der Waals surface area (Å²) in [5.41, 5.74) is 2.34. The lowest BCUT2D eigenvalue weighted by atomic mass is 10.1. The van der Waals surface area contributed by atoms with Gasteiger partial charge >= 0.3 is 11.9 Å². The Balaban J connectivity index is 1.15. The van der Waals surface area contributed by atoms with Crippen molar-refractivity contribution in [2.24, 2.45) is 0 Å². The lowest BCUT2D eigenvalue weighted by Crippen LogP contribution is -2.30. The van der Waals surface area contributed by atoms with Crippen molar-refractivity contribution in [2.75, 3.05) is 36.0 Å². The second-order valence-corrected chi connectivity index (χ2v) is 11.0. The topological polar surface area (TPSA) is 145 Å². The Morgan fingerprint density at radius 2 is 0.955 bits per heavy atom. The van der Waals surface area contributed by atoms with E-state index in [1.54, 1.807) is 48.5 Å². The number of nitrogens with zero attached hydrogens (tertiary/aromatic N) is 4. The van der Waals surface area contributed by atoms with Crippen LogP contribution < -0.4 is 9.80 Å². The second kappa shape index (κ2) is 14.0. The monoisotopic (exact) mass is 602 g/mol. The number of piperidine rings is 2. The van der Waals surface area contributed by atoms with Gasteiger partial charge < -0.3 is 19.3 Å². The lowest BCUT2D eigenvalue weighted by Gasteiger charge is -2.28. The maximum Gasteiger partial charge on any atom is 0.338 e. The number of carbonyl (C=O) groups is 2. The van der Waals surface area contributed by atoms with Gasteiger partial charge in [-0.1, -0.05) is 24.3 Å². The van der Waals surface area contributed by atoms with Gasteiger partial charge in [0.05, 0.1) is 21.0 Å². The molecule has 0 aliphatic carbocycles. The minimum Gasteiger partial charge on any atom is -0.457 e. The summed E-state index contributed by atoms with van der Waals surface area (Å²) >= 11 is 0. The largest absolute Gasteiger partial charge is 0.457 e. The molecule has 0 N–H and O–H groups in total. The number of esters is 2. The summed E-state index contributed by atoms with van der Waals surface area (Å²) in [6.07, 6.45) is 6.08. The molecule has 5 rings (SSSR count). The van der Waals surface area contributed by atoms with Crippen molar-refractivity contribution in [3.8, 4) is 0 Å². The van der Waals surface area contributed by atoms with E-state index in [2.05, 4.69) is 0 Å². The van der Waals surface area contributed by atoms with E-state index in [-0.39, 0.29) is 35.7 Å². The third-order valence-corrected chi connectivity index (χ3v) is 7.97. The van der Waals surface area contributed by atoms with Crippen LogP contribution in [0.4, 0.5) is 22.7 Å². The van der Waals surface area contributed by atoms with Crippen molar-refractivity contribution in [1.29, 1.82) is 0 Å². The van der Waals surface area contributed by atoms with Crippen LogP contribution in [-0.4, -0.2) is 48.0 Å². The fourth-order valence-corrected chi connectivity index (χ4v) is 5.59. The Kier molecular flexibility index (Phi) is 9.68. The van der Waals surface area contributed by atoms with Crippen molar-refractivity contribution < 1.29 is 28.9 Å². The summed E-state index contributed by atoms with van der Waals surface area (Å²) in [5.74, 6) is -1.34. The predicted molar refractivity (Wildman–Crippen MR) is 163 cm³/mol. The predicted octanol–water partition coefficient (Wildman–Crippen LogP) is 6.20. The molecule has 12 nitrogen and oxygen atoms in total.